The quantitative estimate of drug-likeness (QED) is 0.189. The molecule has 1 saturated carbocycles. The molecule has 42 heavy (non-hydrogen) atoms. The molecule has 4 aromatic rings. The number of carbonyl (C=O) groups excluding carboxylic acids is 1. The van der Waals surface area contributed by atoms with Gasteiger partial charge >= 0.3 is 0 Å². The molecule has 0 saturated heterocycles. The van der Waals surface area contributed by atoms with E-state index in [-0.39, 0.29) is 5.57 Å². The van der Waals surface area contributed by atoms with Crippen LogP contribution < -0.4 is 20.3 Å². The second kappa shape index (κ2) is 12.3. The minimum atomic E-state index is -0.433. The summed E-state index contributed by atoms with van der Waals surface area (Å²) in [6.07, 6.45) is 7.55. The number of ether oxygens (including phenoxy) is 1. The molecule has 10 nitrogen and oxygen atoms in total. The number of anilines is 4. The molecule has 2 aromatic carbocycles. The molecule has 0 spiro atoms. The third kappa shape index (κ3) is 6.37. The number of aryl methyl sites for hydroxylation is 1. The maximum absolute atomic E-state index is 13.2. The van der Waals surface area contributed by atoms with E-state index >= 15 is 0 Å². The number of hydrogen-bond donors (Lipinski definition) is 2. The number of amides is 1. The third-order valence-electron chi connectivity index (χ3n) is 7.32. The van der Waals surface area contributed by atoms with Gasteiger partial charge in [0.05, 0.1) is 29.9 Å². The van der Waals surface area contributed by atoms with Crippen molar-refractivity contribution in [2.24, 2.45) is 13.0 Å². The second-order valence-corrected chi connectivity index (χ2v) is 10.8. The number of nitriles is 1. The number of hydrogen-bond acceptors (Lipinski definition) is 8. The molecule has 216 valence electrons. The molecule has 1 aliphatic carbocycles. The Morgan fingerprint density at radius 2 is 1.95 bits per heavy atom. The van der Waals surface area contributed by atoms with Crippen molar-refractivity contribution in [3.63, 3.8) is 0 Å². The number of allylic oxidation sites excluding steroid dienone is 1. The van der Waals surface area contributed by atoms with Gasteiger partial charge in [-0.05, 0) is 51.1 Å². The number of nitrogens with zero attached hydrogens (tertiary/aromatic N) is 6. The van der Waals surface area contributed by atoms with Crippen LogP contribution in [0.2, 0.25) is 0 Å². The summed E-state index contributed by atoms with van der Waals surface area (Å²) in [5.41, 5.74) is 4.91. The van der Waals surface area contributed by atoms with Gasteiger partial charge in [0.1, 0.15) is 17.4 Å². The second-order valence-electron chi connectivity index (χ2n) is 10.8. The summed E-state index contributed by atoms with van der Waals surface area (Å²) < 4.78 is 7.84. The maximum atomic E-state index is 13.2. The Bertz CT molecular complexity index is 1680. The number of fused-ring (bicyclic) bond motifs is 1. The molecule has 0 radical (unpaired) electrons. The van der Waals surface area contributed by atoms with Gasteiger partial charge in [-0.15, -0.1) is 0 Å². The molecule has 0 atom stereocenters. The lowest BCUT2D eigenvalue weighted by Crippen LogP contribution is -2.29. The molecule has 1 amide bonds. The molecular weight excluding hydrogens is 528 g/mol. The molecule has 10 heteroatoms. The Labute approximate surface area is 246 Å². The largest absolute Gasteiger partial charge is 0.494 e. The molecule has 0 aliphatic heterocycles. The molecular formula is C32H36N8O2. The molecule has 0 unspecified atom stereocenters. The molecule has 0 bridgehead atoms. The summed E-state index contributed by atoms with van der Waals surface area (Å²) in [7, 11) is 9.60. The van der Waals surface area contributed by atoms with E-state index in [1.807, 2.05) is 52.5 Å². The van der Waals surface area contributed by atoms with Gasteiger partial charge in [0.15, 0.2) is 0 Å². The first-order chi connectivity index (χ1) is 20.3. The van der Waals surface area contributed by atoms with Crippen molar-refractivity contribution in [1.82, 2.24) is 19.4 Å². The molecule has 2 N–H and O–H groups in total. The number of carbonyl (C=O) groups is 1. The van der Waals surface area contributed by atoms with E-state index in [1.165, 1.54) is 0 Å². The van der Waals surface area contributed by atoms with Crippen molar-refractivity contribution in [3.8, 4) is 23.1 Å². The van der Waals surface area contributed by atoms with E-state index in [4.69, 9.17) is 9.72 Å². The van der Waals surface area contributed by atoms with Crippen LogP contribution in [0.5, 0.6) is 5.75 Å². The number of rotatable bonds is 11. The van der Waals surface area contributed by atoms with Gasteiger partial charge in [-0.1, -0.05) is 24.3 Å². The zero-order valence-corrected chi connectivity index (χ0v) is 24.7. The summed E-state index contributed by atoms with van der Waals surface area (Å²) in [6, 6.07) is 15.8. The van der Waals surface area contributed by atoms with Gasteiger partial charge in [0.2, 0.25) is 5.95 Å². The lowest BCUT2D eigenvalue weighted by Gasteiger charge is -2.26. The fraction of sp³-hybridized carbons (Fsp3) is 0.312. The smallest absolute Gasteiger partial charge is 0.266 e. The van der Waals surface area contributed by atoms with Crippen molar-refractivity contribution in [2.45, 2.75) is 12.8 Å². The van der Waals surface area contributed by atoms with Crippen molar-refractivity contribution < 1.29 is 9.53 Å². The fourth-order valence-electron chi connectivity index (χ4n) is 4.81. The normalized spacial score (nSPS) is 13.2. The number of likely N-dealkylation sites (N-methyl/N-ethyl adjacent to an activating group) is 2. The molecule has 2 aromatic heterocycles. The van der Waals surface area contributed by atoms with Crippen LogP contribution in [0, 0.1) is 17.2 Å². The topological polar surface area (TPSA) is 111 Å². The Morgan fingerprint density at radius 3 is 2.67 bits per heavy atom. The van der Waals surface area contributed by atoms with Crippen LogP contribution in [-0.4, -0.2) is 66.7 Å². The number of aromatic nitrogens is 3. The van der Waals surface area contributed by atoms with E-state index < -0.39 is 5.91 Å². The summed E-state index contributed by atoms with van der Waals surface area (Å²) in [5, 5.41) is 17.0. The van der Waals surface area contributed by atoms with E-state index in [0.29, 0.717) is 35.5 Å². The Balaban J connectivity index is 1.50. The fourth-order valence-corrected chi connectivity index (χ4v) is 4.81. The zero-order valence-electron chi connectivity index (χ0n) is 24.7. The monoisotopic (exact) mass is 564 g/mol. The highest BCUT2D eigenvalue weighted by Crippen LogP contribution is 2.39. The molecule has 1 aliphatic rings. The minimum absolute atomic E-state index is 0.121. The SMILES string of the molecule is COc1cc(N(C)CCN(C)C)c(NC(=O)C(C#N)=CC2CC2)cc1Nc1nccc(-c2cn(C)c3ccccc23)n1. The van der Waals surface area contributed by atoms with Crippen molar-refractivity contribution in [3.05, 3.63) is 66.5 Å². The zero-order chi connectivity index (χ0) is 29.8. The number of nitrogens with one attached hydrogen (secondary N) is 2. The van der Waals surface area contributed by atoms with Gasteiger partial charge in [-0.2, -0.15) is 5.26 Å². The van der Waals surface area contributed by atoms with E-state index in [0.717, 1.165) is 47.2 Å². The first-order valence-electron chi connectivity index (χ1n) is 13.9. The Hall–Kier alpha value is -4.88. The van der Waals surface area contributed by atoms with E-state index in [1.54, 1.807) is 25.4 Å². The highest BCUT2D eigenvalue weighted by molar-refractivity contribution is 6.08. The van der Waals surface area contributed by atoms with Gasteiger partial charge < -0.3 is 29.7 Å². The highest BCUT2D eigenvalue weighted by Gasteiger charge is 2.23. The minimum Gasteiger partial charge on any atom is -0.494 e. The summed E-state index contributed by atoms with van der Waals surface area (Å²) >= 11 is 0. The maximum Gasteiger partial charge on any atom is 0.266 e. The van der Waals surface area contributed by atoms with E-state index in [2.05, 4.69) is 54.4 Å². The molecule has 1 fully saturated rings. The lowest BCUT2D eigenvalue weighted by atomic mass is 10.1. The summed E-state index contributed by atoms with van der Waals surface area (Å²) in [4.78, 5) is 26.6. The first-order valence-corrected chi connectivity index (χ1v) is 13.9. The van der Waals surface area contributed by atoms with Crippen LogP contribution in [0.25, 0.3) is 22.2 Å². The van der Waals surface area contributed by atoms with Gasteiger partial charge in [0.25, 0.3) is 5.91 Å². The Kier molecular flexibility index (Phi) is 8.41. The third-order valence-corrected chi connectivity index (χ3v) is 7.32. The predicted octanol–water partition coefficient (Wildman–Crippen LogP) is 5.18. The summed E-state index contributed by atoms with van der Waals surface area (Å²) in [6.45, 7) is 1.52. The lowest BCUT2D eigenvalue weighted by molar-refractivity contribution is -0.112. The highest BCUT2D eigenvalue weighted by atomic mass is 16.5. The first kappa shape index (κ1) is 28.6. The average molecular weight is 565 g/mol. The molecule has 5 rings (SSSR count). The van der Waals surface area contributed by atoms with Crippen molar-refractivity contribution in [1.29, 1.82) is 5.26 Å². The Morgan fingerprint density at radius 1 is 1.17 bits per heavy atom. The summed E-state index contributed by atoms with van der Waals surface area (Å²) in [5.74, 6) is 0.813. The van der Waals surface area contributed by atoms with Crippen LogP contribution in [0.4, 0.5) is 23.0 Å². The van der Waals surface area contributed by atoms with Crippen molar-refractivity contribution in [2.75, 3.05) is 56.9 Å². The number of para-hydroxylation sites is 1. The van der Waals surface area contributed by atoms with Gasteiger partial charge in [-0.3, -0.25) is 4.79 Å². The van der Waals surface area contributed by atoms with Crippen LogP contribution in [-0.2, 0) is 11.8 Å². The average Bonchev–Trinajstić information content (AvgIpc) is 3.75. The van der Waals surface area contributed by atoms with Crippen LogP contribution >= 0.6 is 0 Å². The number of methoxy groups -OCH3 is 1. The van der Waals surface area contributed by atoms with Crippen molar-refractivity contribution >= 4 is 39.8 Å². The standard InChI is InChI=1S/C32H36N8O2/c1-38(2)14-15-39(3)29-18-30(42-5)27(17-26(29)35-31(41)22(19-33)16-21-10-11-21)37-32-34-13-12-25(36-32)24-20-40(4)28-9-7-6-8-23(24)28/h6-9,12-13,16-18,20-21H,10-11,14-15H2,1-5H3,(H,35,41)(H,34,36,37). The predicted molar refractivity (Wildman–Crippen MR) is 167 cm³/mol. The van der Waals surface area contributed by atoms with Crippen LogP contribution in [0.1, 0.15) is 12.8 Å². The number of benzene rings is 2. The van der Waals surface area contributed by atoms with Crippen LogP contribution in [0.15, 0.2) is 66.5 Å². The van der Waals surface area contributed by atoms with E-state index in [9.17, 15) is 10.1 Å². The van der Waals surface area contributed by atoms with Crippen LogP contribution in [0.3, 0.4) is 0 Å². The van der Waals surface area contributed by atoms with Gasteiger partial charge in [0, 0.05) is 62.1 Å². The van der Waals surface area contributed by atoms with Gasteiger partial charge in [-0.25, -0.2) is 9.97 Å². The molecule has 2 heterocycles.